The Kier molecular flexibility index (Phi) is 3.82. The Labute approximate surface area is 107 Å². The van der Waals surface area contributed by atoms with Gasteiger partial charge in [0.05, 0.1) is 6.54 Å². The number of nitrogens with zero attached hydrogens (tertiary/aromatic N) is 2. The van der Waals surface area contributed by atoms with Crippen LogP contribution in [-0.4, -0.2) is 44.0 Å². The van der Waals surface area contributed by atoms with Crippen molar-refractivity contribution in [2.75, 3.05) is 27.2 Å². The molecule has 1 heterocycles. The summed E-state index contributed by atoms with van der Waals surface area (Å²) in [6, 6.07) is 7.56. The predicted molar refractivity (Wildman–Crippen MR) is 71.6 cm³/mol. The first-order valence-corrected chi connectivity index (χ1v) is 6.01. The van der Waals surface area contributed by atoms with Gasteiger partial charge in [-0.05, 0) is 17.7 Å². The van der Waals surface area contributed by atoms with Gasteiger partial charge in [0.2, 0.25) is 0 Å². The predicted octanol–water partition coefficient (Wildman–Crippen LogP) is 0.437. The lowest BCUT2D eigenvalue weighted by Crippen LogP contribution is -2.35. The molecule has 1 aliphatic rings. The van der Waals surface area contributed by atoms with E-state index in [1.165, 1.54) is 0 Å². The van der Waals surface area contributed by atoms with Gasteiger partial charge in [-0.25, -0.2) is 0 Å². The standard InChI is InChI=1S/C13H18N4O/c1-14-12(18)11-5-3-10(4-6-11)9-16-13-15-7-8-17(13)2/h3-6H,7-9H2,1-2H3,(H,14,18)(H,15,16). The average Bonchev–Trinajstić information content (AvgIpc) is 2.81. The molecule has 18 heavy (non-hydrogen) atoms. The minimum atomic E-state index is -0.0607. The van der Waals surface area contributed by atoms with Gasteiger partial charge in [-0.2, -0.15) is 0 Å². The Morgan fingerprint density at radius 2 is 2.11 bits per heavy atom. The maximum absolute atomic E-state index is 11.4. The second-order valence-electron chi connectivity index (χ2n) is 4.26. The maximum Gasteiger partial charge on any atom is 0.251 e. The number of nitrogens with one attached hydrogen (secondary N) is 2. The maximum atomic E-state index is 11.4. The second kappa shape index (κ2) is 5.53. The molecule has 0 aliphatic carbocycles. The summed E-state index contributed by atoms with van der Waals surface area (Å²) >= 11 is 0. The fourth-order valence-corrected chi connectivity index (χ4v) is 1.82. The lowest BCUT2D eigenvalue weighted by molar-refractivity contribution is 0.0963. The molecular formula is C13H18N4O. The first kappa shape index (κ1) is 12.4. The van der Waals surface area contributed by atoms with Crippen molar-refractivity contribution in [2.45, 2.75) is 6.54 Å². The van der Waals surface area contributed by atoms with E-state index in [0.717, 1.165) is 31.2 Å². The third kappa shape index (κ3) is 2.80. The molecule has 1 amide bonds. The first-order valence-electron chi connectivity index (χ1n) is 6.01. The number of guanidine groups is 1. The van der Waals surface area contributed by atoms with Gasteiger partial charge in [-0.15, -0.1) is 0 Å². The number of likely N-dealkylation sites (N-methyl/N-ethyl adjacent to an activating group) is 1. The van der Waals surface area contributed by atoms with E-state index in [1.807, 2.05) is 31.3 Å². The van der Waals surface area contributed by atoms with Crippen molar-refractivity contribution in [2.24, 2.45) is 4.99 Å². The van der Waals surface area contributed by atoms with Crippen molar-refractivity contribution in [1.82, 2.24) is 15.5 Å². The van der Waals surface area contributed by atoms with Crippen LogP contribution in [-0.2, 0) is 6.54 Å². The van der Waals surface area contributed by atoms with E-state index in [-0.39, 0.29) is 5.91 Å². The normalized spacial score (nSPS) is 14.3. The number of carbonyl (C=O) groups excluding carboxylic acids is 1. The molecular weight excluding hydrogens is 228 g/mol. The molecule has 0 saturated carbocycles. The van der Waals surface area contributed by atoms with Gasteiger partial charge in [0, 0.05) is 32.7 Å². The molecule has 1 aliphatic heterocycles. The zero-order valence-electron chi connectivity index (χ0n) is 10.7. The fraction of sp³-hybridized carbons (Fsp3) is 0.385. The van der Waals surface area contributed by atoms with Gasteiger partial charge in [-0.3, -0.25) is 9.79 Å². The van der Waals surface area contributed by atoms with Crippen LogP contribution < -0.4 is 10.6 Å². The molecule has 0 atom stereocenters. The van der Waals surface area contributed by atoms with Crippen LogP contribution in [0.2, 0.25) is 0 Å². The third-order valence-electron chi connectivity index (χ3n) is 2.95. The molecule has 0 spiro atoms. The summed E-state index contributed by atoms with van der Waals surface area (Å²) in [6.45, 7) is 2.55. The van der Waals surface area contributed by atoms with Crippen LogP contribution in [0.3, 0.4) is 0 Å². The average molecular weight is 246 g/mol. The number of rotatable bonds is 3. The first-order chi connectivity index (χ1) is 8.70. The SMILES string of the molecule is CNC(=O)c1ccc(CNC2=NCCN2C)cc1. The lowest BCUT2D eigenvalue weighted by Gasteiger charge is -2.15. The summed E-state index contributed by atoms with van der Waals surface area (Å²) in [5.74, 6) is 0.875. The van der Waals surface area contributed by atoms with E-state index < -0.39 is 0 Å². The van der Waals surface area contributed by atoms with Crippen LogP contribution in [0, 0.1) is 0 Å². The molecule has 2 rings (SSSR count). The Morgan fingerprint density at radius 3 is 2.67 bits per heavy atom. The Bertz CT molecular complexity index is 453. The van der Waals surface area contributed by atoms with Crippen LogP contribution >= 0.6 is 0 Å². The van der Waals surface area contributed by atoms with Gasteiger partial charge in [0.25, 0.3) is 5.91 Å². The van der Waals surface area contributed by atoms with Crippen molar-refractivity contribution < 1.29 is 4.79 Å². The Balaban J connectivity index is 1.92. The van der Waals surface area contributed by atoms with Crippen molar-refractivity contribution in [3.63, 3.8) is 0 Å². The summed E-state index contributed by atoms with van der Waals surface area (Å²) in [7, 11) is 3.65. The van der Waals surface area contributed by atoms with Gasteiger partial charge < -0.3 is 15.5 Å². The molecule has 0 bridgehead atoms. The van der Waals surface area contributed by atoms with E-state index in [0.29, 0.717) is 5.56 Å². The number of carbonyl (C=O) groups is 1. The molecule has 5 heteroatoms. The van der Waals surface area contributed by atoms with Gasteiger partial charge in [-0.1, -0.05) is 12.1 Å². The van der Waals surface area contributed by atoms with Crippen molar-refractivity contribution in [3.05, 3.63) is 35.4 Å². The third-order valence-corrected chi connectivity index (χ3v) is 2.95. The minimum Gasteiger partial charge on any atom is -0.355 e. The van der Waals surface area contributed by atoms with Gasteiger partial charge in [0.1, 0.15) is 0 Å². The summed E-state index contributed by atoms with van der Waals surface area (Å²) in [5.41, 5.74) is 1.81. The topological polar surface area (TPSA) is 56.7 Å². The number of benzene rings is 1. The van der Waals surface area contributed by atoms with E-state index in [9.17, 15) is 4.79 Å². The largest absolute Gasteiger partial charge is 0.355 e. The zero-order chi connectivity index (χ0) is 13.0. The van der Waals surface area contributed by atoms with Crippen molar-refractivity contribution >= 4 is 11.9 Å². The molecule has 0 unspecified atom stereocenters. The van der Waals surface area contributed by atoms with E-state index in [1.54, 1.807) is 7.05 Å². The summed E-state index contributed by atoms with van der Waals surface area (Å²) in [4.78, 5) is 17.8. The van der Waals surface area contributed by atoms with E-state index in [4.69, 9.17) is 0 Å². The van der Waals surface area contributed by atoms with Crippen LogP contribution in [0.25, 0.3) is 0 Å². The monoisotopic (exact) mass is 246 g/mol. The fourth-order valence-electron chi connectivity index (χ4n) is 1.82. The van der Waals surface area contributed by atoms with Crippen molar-refractivity contribution in [3.8, 4) is 0 Å². The minimum absolute atomic E-state index is 0.0607. The van der Waals surface area contributed by atoms with Crippen molar-refractivity contribution in [1.29, 1.82) is 0 Å². The molecule has 0 radical (unpaired) electrons. The molecule has 0 saturated heterocycles. The summed E-state index contributed by atoms with van der Waals surface area (Å²) < 4.78 is 0. The molecule has 5 nitrogen and oxygen atoms in total. The molecule has 1 aromatic carbocycles. The van der Waals surface area contributed by atoms with E-state index >= 15 is 0 Å². The number of hydrogen-bond donors (Lipinski definition) is 2. The molecule has 96 valence electrons. The summed E-state index contributed by atoms with van der Waals surface area (Å²) in [5, 5.41) is 5.89. The Morgan fingerprint density at radius 1 is 1.39 bits per heavy atom. The van der Waals surface area contributed by atoms with E-state index in [2.05, 4.69) is 20.5 Å². The molecule has 0 aromatic heterocycles. The van der Waals surface area contributed by atoms with Crippen LogP contribution in [0.5, 0.6) is 0 Å². The summed E-state index contributed by atoms with van der Waals surface area (Å²) in [6.07, 6.45) is 0. The van der Waals surface area contributed by atoms with Crippen LogP contribution in [0.1, 0.15) is 15.9 Å². The highest BCUT2D eigenvalue weighted by Crippen LogP contribution is 2.05. The highest BCUT2D eigenvalue weighted by molar-refractivity contribution is 5.93. The highest BCUT2D eigenvalue weighted by atomic mass is 16.1. The second-order valence-corrected chi connectivity index (χ2v) is 4.26. The van der Waals surface area contributed by atoms with Crippen LogP contribution in [0.15, 0.2) is 29.3 Å². The van der Waals surface area contributed by atoms with Crippen LogP contribution in [0.4, 0.5) is 0 Å². The van der Waals surface area contributed by atoms with Gasteiger partial charge in [0.15, 0.2) is 5.96 Å². The molecule has 0 fully saturated rings. The number of aliphatic imine (C=N–C) groups is 1. The number of hydrogen-bond acceptors (Lipinski definition) is 4. The molecule has 2 N–H and O–H groups in total. The lowest BCUT2D eigenvalue weighted by atomic mass is 10.1. The zero-order valence-corrected chi connectivity index (χ0v) is 10.7. The van der Waals surface area contributed by atoms with Gasteiger partial charge >= 0.3 is 0 Å². The highest BCUT2D eigenvalue weighted by Gasteiger charge is 2.11. The Hall–Kier alpha value is -2.04. The molecule has 1 aromatic rings. The number of amides is 1. The smallest absolute Gasteiger partial charge is 0.251 e. The quantitative estimate of drug-likeness (QED) is 0.813.